The van der Waals surface area contributed by atoms with Gasteiger partial charge < -0.3 is 22.9 Å². The average Bonchev–Trinajstić information content (AvgIpc) is 3.27. The first kappa shape index (κ1) is 27.8. The highest BCUT2D eigenvalue weighted by molar-refractivity contribution is 7.79. The minimum absolute atomic E-state index is 0.491. The number of aromatic nitrogens is 4. The molecule has 0 saturated heterocycles. The summed E-state index contributed by atoms with van der Waals surface area (Å²) < 4.78 is 34.9. The van der Waals surface area contributed by atoms with Crippen molar-refractivity contribution in [3.05, 3.63) is 82.1 Å². The van der Waals surface area contributed by atoms with E-state index in [2.05, 4.69) is 10.2 Å². The molecule has 35 heavy (non-hydrogen) atoms. The molecule has 12 nitrogen and oxygen atoms in total. The van der Waals surface area contributed by atoms with E-state index >= 15 is 0 Å². The average molecular weight is 543 g/mol. The summed E-state index contributed by atoms with van der Waals surface area (Å²) in [5.74, 6) is 0.981. The van der Waals surface area contributed by atoms with Gasteiger partial charge in [-0.05, 0) is 35.4 Å². The van der Waals surface area contributed by atoms with Crippen molar-refractivity contribution in [1.82, 2.24) is 19.6 Å². The Hall–Kier alpha value is -3.49. The van der Waals surface area contributed by atoms with E-state index in [9.17, 15) is 0 Å². The van der Waals surface area contributed by atoms with Crippen LogP contribution >= 0.6 is 23.2 Å². The lowest BCUT2D eigenvalue weighted by molar-refractivity contribution is 0.381. The highest BCUT2D eigenvalue weighted by Gasteiger charge is 2.05. The van der Waals surface area contributed by atoms with Gasteiger partial charge in [-0.2, -0.15) is 18.6 Å². The van der Waals surface area contributed by atoms with Crippen LogP contribution in [0.4, 0.5) is 23.0 Å². The molecule has 0 aliphatic heterocycles. The van der Waals surface area contributed by atoms with E-state index in [4.69, 9.17) is 63.7 Å². The van der Waals surface area contributed by atoms with Crippen LogP contribution in [0, 0.1) is 0 Å². The van der Waals surface area contributed by atoms with Crippen molar-refractivity contribution in [1.29, 1.82) is 0 Å². The Labute approximate surface area is 211 Å². The van der Waals surface area contributed by atoms with Crippen molar-refractivity contribution in [2.45, 2.75) is 13.1 Å². The van der Waals surface area contributed by atoms with Crippen molar-refractivity contribution in [2.24, 2.45) is 0 Å². The number of rotatable bonds is 4. The molecule has 0 aliphatic carbocycles. The van der Waals surface area contributed by atoms with Crippen LogP contribution in [0.2, 0.25) is 10.0 Å². The van der Waals surface area contributed by atoms with Gasteiger partial charge in [0.05, 0.1) is 36.9 Å². The van der Waals surface area contributed by atoms with Crippen LogP contribution in [0.15, 0.2) is 60.9 Å². The van der Waals surface area contributed by atoms with E-state index in [0.29, 0.717) is 46.1 Å². The molecule has 0 radical (unpaired) electrons. The van der Waals surface area contributed by atoms with Crippen molar-refractivity contribution in [3.8, 4) is 0 Å². The Bertz CT molecular complexity index is 1240. The molecule has 4 rings (SSSR count). The van der Waals surface area contributed by atoms with E-state index in [-0.39, 0.29) is 0 Å². The summed E-state index contributed by atoms with van der Waals surface area (Å²) in [5.41, 5.74) is 25.8. The number of hydrogen-bond donors (Lipinski definition) is 6. The van der Waals surface area contributed by atoms with Gasteiger partial charge in [0.15, 0.2) is 0 Å². The van der Waals surface area contributed by atoms with Crippen LogP contribution in [0.5, 0.6) is 0 Å². The van der Waals surface area contributed by atoms with Crippen molar-refractivity contribution < 1.29 is 17.5 Å². The van der Waals surface area contributed by atoms with Crippen molar-refractivity contribution >= 4 is 56.6 Å². The fraction of sp³-hybridized carbons (Fsp3) is 0.100. The molecular formula is C20H24Cl2N8O4S. The van der Waals surface area contributed by atoms with Crippen LogP contribution < -0.4 is 22.9 Å². The first-order valence-electron chi connectivity index (χ1n) is 9.65. The number of nitrogens with two attached hydrogens (primary N) is 4. The fourth-order valence-electron chi connectivity index (χ4n) is 2.60. The number of anilines is 4. The summed E-state index contributed by atoms with van der Waals surface area (Å²) in [6.45, 7) is 1.19. The van der Waals surface area contributed by atoms with Crippen LogP contribution in [0.1, 0.15) is 11.1 Å². The second-order valence-corrected chi connectivity index (χ2v) is 8.75. The highest BCUT2D eigenvalue weighted by Crippen LogP contribution is 2.17. The summed E-state index contributed by atoms with van der Waals surface area (Å²) >= 11 is 11.6. The normalized spacial score (nSPS) is 10.6. The summed E-state index contributed by atoms with van der Waals surface area (Å²) in [6.07, 6.45) is 3.09. The van der Waals surface area contributed by atoms with E-state index in [1.54, 1.807) is 21.8 Å². The second kappa shape index (κ2) is 12.3. The van der Waals surface area contributed by atoms with Gasteiger partial charge in [0, 0.05) is 10.0 Å². The molecule has 0 amide bonds. The van der Waals surface area contributed by atoms with Gasteiger partial charge in [-0.1, -0.05) is 47.5 Å². The molecule has 10 N–H and O–H groups in total. The Morgan fingerprint density at radius 3 is 1.20 bits per heavy atom. The zero-order valence-corrected chi connectivity index (χ0v) is 20.5. The molecule has 0 bridgehead atoms. The maximum Gasteiger partial charge on any atom is 0.394 e. The first-order valence-corrected chi connectivity index (χ1v) is 11.8. The van der Waals surface area contributed by atoms with Gasteiger partial charge in [0.2, 0.25) is 0 Å². The Kier molecular flexibility index (Phi) is 9.74. The number of hydrogen-bond acceptors (Lipinski definition) is 8. The van der Waals surface area contributed by atoms with Gasteiger partial charge >= 0.3 is 10.4 Å². The monoisotopic (exact) mass is 542 g/mol. The smallest absolute Gasteiger partial charge is 0.394 e. The topological polar surface area (TPSA) is 214 Å². The van der Waals surface area contributed by atoms with Gasteiger partial charge in [0.25, 0.3) is 0 Å². The Morgan fingerprint density at radius 2 is 0.971 bits per heavy atom. The lowest BCUT2D eigenvalue weighted by atomic mass is 10.2. The third kappa shape index (κ3) is 9.72. The van der Waals surface area contributed by atoms with Crippen molar-refractivity contribution in [2.75, 3.05) is 22.9 Å². The van der Waals surface area contributed by atoms with Gasteiger partial charge in [-0.25, -0.2) is 9.36 Å². The molecule has 0 unspecified atom stereocenters. The van der Waals surface area contributed by atoms with Crippen molar-refractivity contribution in [3.63, 3.8) is 0 Å². The number of nitrogens with zero attached hydrogens (tertiary/aromatic N) is 4. The molecule has 2 aromatic carbocycles. The standard InChI is InChI=1S/2C10H11ClN4.H2O4S/c2*11-8-3-1-7(2-4-8)6-15-10(13)9(12)5-14-15;1-5(2,3)4/h2*1-5H,6,12-13H2;(H2,1,2,3,4). The molecular weight excluding hydrogens is 519 g/mol. The quantitative estimate of drug-likeness (QED) is 0.207. The van der Waals surface area contributed by atoms with E-state index in [1.165, 1.54) is 0 Å². The predicted molar refractivity (Wildman–Crippen MR) is 137 cm³/mol. The first-order chi connectivity index (χ1) is 16.3. The SMILES string of the molecule is Nc1cnn(Cc2ccc(Cl)cc2)c1N.Nc1cnn(Cc2ccc(Cl)cc2)c1N.O=S(=O)(O)O. The fourth-order valence-corrected chi connectivity index (χ4v) is 2.85. The van der Waals surface area contributed by atoms with Crippen LogP contribution in [0.25, 0.3) is 0 Å². The largest absolute Gasteiger partial charge is 0.394 e. The molecule has 2 aromatic heterocycles. The molecule has 15 heteroatoms. The Balaban J connectivity index is 0.000000208. The summed E-state index contributed by atoms with van der Waals surface area (Å²) in [6, 6.07) is 15.1. The van der Waals surface area contributed by atoms with Gasteiger partial charge in [-0.15, -0.1) is 0 Å². The molecule has 0 aliphatic rings. The summed E-state index contributed by atoms with van der Waals surface area (Å²) in [5, 5.41) is 9.56. The second-order valence-electron chi connectivity index (χ2n) is 6.99. The van der Waals surface area contributed by atoms with Gasteiger partial charge in [0.1, 0.15) is 11.6 Å². The third-order valence-corrected chi connectivity index (χ3v) is 4.82. The van der Waals surface area contributed by atoms with Crippen LogP contribution in [-0.2, 0) is 23.5 Å². The molecule has 188 valence electrons. The van der Waals surface area contributed by atoms with E-state index in [1.807, 2.05) is 48.5 Å². The summed E-state index contributed by atoms with van der Waals surface area (Å²) in [7, 11) is -4.67. The maximum atomic E-state index is 8.74. The molecule has 0 fully saturated rings. The van der Waals surface area contributed by atoms with Crippen LogP contribution in [-0.4, -0.2) is 37.1 Å². The molecule has 2 heterocycles. The van der Waals surface area contributed by atoms with Crippen LogP contribution in [0.3, 0.4) is 0 Å². The summed E-state index contributed by atoms with van der Waals surface area (Å²) in [4.78, 5) is 0. The zero-order chi connectivity index (χ0) is 26.2. The Morgan fingerprint density at radius 1 is 0.686 bits per heavy atom. The zero-order valence-electron chi connectivity index (χ0n) is 18.2. The molecule has 0 atom stereocenters. The minimum atomic E-state index is -4.67. The number of benzene rings is 2. The molecule has 0 spiro atoms. The van der Waals surface area contributed by atoms with E-state index < -0.39 is 10.4 Å². The predicted octanol–water partition coefficient (Wildman–Crippen LogP) is 2.85. The lowest BCUT2D eigenvalue weighted by Gasteiger charge is -2.04. The number of nitrogen functional groups attached to an aromatic ring is 4. The van der Waals surface area contributed by atoms with E-state index in [0.717, 1.165) is 11.1 Å². The maximum absolute atomic E-state index is 8.74. The molecule has 4 aromatic rings. The lowest BCUT2D eigenvalue weighted by Crippen LogP contribution is -2.06. The molecule has 0 saturated carbocycles. The third-order valence-electron chi connectivity index (χ3n) is 4.31. The highest BCUT2D eigenvalue weighted by atomic mass is 35.5. The minimum Gasteiger partial charge on any atom is -0.394 e. The van der Waals surface area contributed by atoms with Gasteiger partial charge in [-0.3, -0.25) is 9.11 Å². The number of halogens is 2.